The molecule has 0 spiro atoms. The number of rotatable bonds is 12. The number of hydrogen-bond donors (Lipinski definition) is 4. The Morgan fingerprint density at radius 2 is 1.64 bits per heavy atom. The van der Waals surface area contributed by atoms with Gasteiger partial charge in [0.05, 0.1) is 49.2 Å². The molecular weight excluding hydrogens is 600 g/mol. The number of carbonyl (C=O) groups excluding carboxylic acids is 2. The summed E-state index contributed by atoms with van der Waals surface area (Å²) in [5.74, 6) is -0.449. The first-order valence-electron chi connectivity index (χ1n) is 15.2. The molecule has 11 heteroatoms. The number of nitrogen functional groups attached to an aromatic ring is 1. The molecule has 0 aromatic heterocycles. The average molecular weight is 639 g/mol. The van der Waals surface area contributed by atoms with Crippen LogP contribution < -0.4 is 25.8 Å². The van der Waals surface area contributed by atoms with Crippen molar-refractivity contribution in [3.8, 4) is 11.5 Å². The Labute approximate surface area is 273 Å². The van der Waals surface area contributed by atoms with Gasteiger partial charge in [-0.3, -0.25) is 4.79 Å². The van der Waals surface area contributed by atoms with Crippen LogP contribution in [0.1, 0.15) is 33.5 Å². The maximum atomic E-state index is 13.7. The number of hydrogen-bond acceptors (Lipinski definition) is 7. The number of aromatic carboxylic acids is 1. The molecule has 5 rings (SSSR count). The number of benzene rings is 4. The molecule has 4 aromatic carbocycles. The summed E-state index contributed by atoms with van der Waals surface area (Å²) < 4.78 is 17.8. The van der Waals surface area contributed by atoms with Crippen molar-refractivity contribution in [2.45, 2.75) is 38.5 Å². The number of carboxylic acid groups (broad SMARTS) is 1. The van der Waals surface area contributed by atoms with Crippen molar-refractivity contribution in [1.82, 2.24) is 4.90 Å². The second kappa shape index (κ2) is 15.2. The van der Waals surface area contributed by atoms with E-state index < -0.39 is 12.0 Å². The fourth-order valence-electron chi connectivity index (χ4n) is 5.46. The summed E-state index contributed by atoms with van der Waals surface area (Å²) in [5, 5.41) is 14.9. The molecule has 5 N–H and O–H groups in total. The van der Waals surface area contributed by atoms with E-state index in [2.05, 4.69) is 10.6 Å². The average Bonchev–Trinajstić information content (AvgIpc) is 3.48. The zero-order valence-electron chi connectivity index (χ0n) is 26.3. The summed E-state index contributed by atoms with van der Waals surface area (Å²) in [6, 6.07) is 26.1. The summed E-state index contributed by atoms with van der Waals surface area (Å²) in [4.78, 5) is 39.5. The third kappa shape index (κ3) is 8.59. The van der Waals surface area contributed by atoms with Crippen molar-refractivity contribution in [2.75, 3.05) is 36.6 Å². The number of urea groups is 1. The highest BCUT2D eigenvalue weighted by Crippen LogP contribution is 2.29. The molecule has 1 aliphatic rings. The van der Waals surface area contributed by atoms with Gasteiger partial charge in [-0.05, 0) is 66.4 Å². The van der Waals surface area contributed by atoms with Crippen molar-refractivity contribution in [1.29, 1.82) is 0 Å². The Morgan fingerprint density at radius 1 is 0.894 bits per heavy atom. The lowest BCUT2D eigenvalue weighted by Gasteiger charge is -2.25. The van der Waals surface area contributed by atoms with Gasteiger partial charge in [-0.1, -0.05) is 54.6 Å². The number of likely N-dealkylation sites (tertiary alicyclic amines) is 1. The quantitative estimate of drug-likeness (QED) is 0.144. The number of nitrogens with one attached hydrogen (secondary N) is 2. The van der Waals surface area contributed by atoms with E-state index in [0.717, 1.165) is 11.1 Å². The summed E-state index contributed by atoms with van der Waals surface area (Å²) in [6.45, 7) is 2.84. The smallest absolute Gasteiger partial charge is 0.335 e. The molecule has 2 atom stereocenters. The van der Waals surface area contributed by atoms with Crippen LogP contribution in [0.4, 0.5) is 21.9 Å². The molecule has 0 saturated carbocycles. The lowest BCUT2D eigenvalue weighted by Crippen LogP contribution is -2.40. The third-order valence-corrected chi connectivity index (χ3v) is 7.98. The second-order valence-electron chi connectivity index (χ2n) is 11.3. The second-order valence-corrected chi connectivity index (χ2v) is 11.3. The predicted octanol–water partition coefficient (Wildman–Crippen LogP) is 5.74. The van der Waals surface area contributed by atoms with Gasteiger partial charge in [0.15, 0.2) is 0 Å². The van der Waals surface area contributed by atoms with Crippen LogP contribution in [0.25, 0.3) is 0 Å². The highest BCUT2D eigenvalue weighted by atomic mass is 16.5. The molecule has 1 aliphatic heterocycles. The van der Waals surface area contributed by atoms with Crippen LogP contribution in [0, 0.1) is 6.92 Å². The lowest BCUT2D eigenvalue weighted by molar-refractivity contribution is -0.132. The maximum Gasteiger partial charge on any atom is 0.335 e. The van der Waals surface area contributed by atoms with E-state index in [0.29, 0.717) is 48.0 Å². The van der Waals surface area contributed by atoms with E-state index in [4.69, 9.17) is 19.9 Å². The number of ether oxygens (including phenoxy) is 3. The molecule has 1 fully saturated rings. The molecule has 0 radical (unpaired) electrons. The van der Waals surface area contributed by atoms with E-state index in [1.54, 1.807) is 23.1 Å². The number of para-hydroxylation sites is 1. The number of methoxy groups -OCH3 is 1. The molecular formula is C36H38N4O7. The fourth-order valence-corrected chi connectivity index (χ4v) is 5.46. The van der Waals surface area contributed by atoms with Gasteiger partial charge in [-0.2, -0.15) is 0 Å². The number of nitrogens with two attached hydrogens (primary N) is 1. The molecule has 3 amide bonds. The van der Waals surface area contributed by atoms with Gasteiger partial charge < -0.3 is 40.6 Å². The van der Waals surface area contributed by atoms with Gasteiger partial charge in [0.2, 0.25) is 5.91 Å². The Bertz CT molecular complexity index is 1730. The first-order chi connectivity index (χ1) is 22.7. The zero-order chi connectivity index (χ0) is 33.3. The SMILES string of the molecule is COc1cc(CC(=O)N2CC(OCc3ccccc3)C[C@H]2COc2ccc(C(=O)O)cc2N)ccc1NC(=O)Nc1ccccc1C. The van der Waals surface area contributed by atoms with Gasteiger partial charge in [0.1, 0.15) is 18.1 Å². The minimum atomic E-state index is -1.08. The lowest BCUT2D eigenvalue weighted by atomic mass is 10.1. The van der Waals surface area contributed by atoms with Crippen molar-refractivity contribution < 1.29 is 33.7 Å². The van der Waals surface area contributed by atoms with Crippen molar-refractivity contribution in [3.63, 3.8) is 0 Å². The third-order valence-electron chi connectivity index (χ3n) is 7.98. The largest absolute Gasteiger partial charge is 0.495 e. The number of nitrogens with zero attached hydrogens (tertiary/aromatic N) is 1. The molecule has 4 aromatic rings. The van der Waals surface area contributed by atoms with Crippen LogP contribution in [-0.4, -0.2) is 60.3 Å². The summed E-state index contributed by atoms with van der Waals surface area (Å²) >= 11 is 0. The molecule has 1 unspecified atom stereocenters. The molecule has 1 heterocycles. The van der Waals surface area contributed by atoms with Gasteiger partial charge in [-0.15, -0.1) is 0 Å². The van der Waals surface area contributed by atoms with Gasteiger partial charge in [-0.25, -0.2) is 9.59 Å². The monoisotopic (exact) mass is 638 g/mol. The number of carbonyl (C=O) groups is 3. The van der Waals surface area contributed by atoms with Gasteiger partial charge >= 0.3 is 12.0 Å². The normalized spacial score (nSPS) is 15.6. The molecule has 0 bridgehead atoms. The first kappa shape index (κ1) is 32.8. The van der Waals surface area contributed by atoms with Crippen LogP contribution >= 0.6 is 0 Å². The van der Waals surface area contributed by atoms with E-state index in [1.807, 2.05) is 61.5 Å². The van der Waals surface area contributed by atoms with Crippen molar-refractivity contribution in [2.24, 2.45) is 0 Å². The van der Waals surface area contributed by atoms with E-state index in [-0.39, 0.29) is 42.3 Å². The Kier molecular flexibility index (Phi) is 10.6. The highest BCUT2D eigenvalue weighted by molar-refractivity contribution is 6.01. The number of amides is 3. The highest BCUT2D eigenvalue weighted by Gasteiger charge is 2.36. The van der Waals surface area contributed by atoms with Crippen LogP contribution in [0.15, 0.2) is 91.0 Å². The van der Waals surface area contributed by atoms with Gasteiger partial charge in [0, 0.05) is 12.2 Å². The summed E-state index contributed by atoms with van der Waals surface area (Å²) in [7, 11) is 1.50. The molecule has 47 heavy (non-hydrogen) atoms. The predicted molar refractivity (Wildman–Crippen MR) is 179 cm³/mol. The molecule has 0 aliphatic carbocycles. The van der Waals surface area contributed by atoms with E-state index in [9.17, 15) is 19.5 Å². The minimum Gasteiger partial charge on any atom is -0.495 e. The Hall–Kier alpha value is -5.55. The first-order valence-corrected chi connectivity index (χ1v) is 15.2. The number of aryl methyl sites for hydroxylation is 1. The van der Waals surface area contributed by atoms with Gasteiger partial charge in [0.25, 0.3) is 0 Å². The fraction of sp³-hybridized carbons (Fsp3) is 0.250. The standard InChI is InChI=1S/C36H38N4O7/c1-23-8-6-7-11-30(23)38-36(44)39-31-14-12-25(16-33(31)45-2)17-34(41)40-20-28(46-21-24-9-4-3-5-10-24)19-27(40)22-47-32-15-13-26(35(42)43)18-29(32)37/h3-16,18,27-28H,17,19-22,37H2,1-2H3,(H,42,43)(H2,38,39,44)/t27-,28?/m0/s1. The van der Waals surface area contributed by atoms with Crippen LogP contribution in [-0.2, 0) is 22.6 Å². The van der Waals surface area contributed by atoms with Crippen LogP contribution in [0.3, 0.4) is 0 Å². The van der Waals surface area contributed by atoms with E-state index >= 15 is 0 Å². The number of anilines is 3. The Balaban J connectivity index is 1.26. The summed E-state index contributed by atoms with van der Waals surface area (Å²) in [5.41, 5.74) is 10.1. The maximum absolute atomic E-state index is 13.7. The molecule has 244 valence electrons. The topological polar surface area (TPSA) is 152 Å². The summed E-state index contributed by atoms with van der Waals surface area (Å²) in [6.07, 6.45) is 0.421. The Morgan fingerprint density at radius 3 is 2.36 bits per heavy atom. The zero-order valence-corrected chi connectivity index (χ0v) is 26.3. The van der Waals surface area contributed by atoms with E-state index in [1.165, 1.54) is 25.3 Å². The van der Waals surface area contributed by atoms with Crippen LogP contribution in [0.2, 0.25) is 0 Å². The molecule has 11 nitrogen and oxygen atoms in total. The van der Waals surface area contributed by atoms with Crippen molar-refractivity contribution in [3.05, 3.63) is 113 Å². The minimum absolute atomic E-state index is 0.0606. The molecule has 1 saturated heterocycles. The van der Waals surface area contributed by atoms with Crippen LogP contribution in [0.5, 0.6) is 11.5 Å². The van der Waals surface area contributed by atoms with Crippen molar-refractivity contribution >= 4 is 35.0 Å². The number of carboxylic acids is 1.